The summed E-state index contributed by atoms with van der Waals surface area (Å²) in [6.45, 7) is 2.99. The van der Waals surface area contributed by atoms with Crippen LogP contribution in [0.25, 0.3) is 0 Å². The second kappa shape index (κ2) is 7.06. The first kappa shape index (κ1) is 13.7. The van der Waals surface area contributed by atoms with E-state index in [1.807, 2.05) is 13.2 Å². The van der Waals surface area contributed by atoms with Gasteiger partial charge in [0, 0.05) is 12.3 Å². The van der Waals surface area contributed by atoms with Crippen molar-refractivity contribution in [1.82, 2.24) is 5.32 Å². The van der Waals surface area contributed by atoms with Crippen molar-refractivity contribution in [2.45, 2.75) is 6.92 Å². The van der Waals surface area contributed by atoms with Crippen LogP contribution in [0.1, 0.15) is 17.3 Å². The number of amides is 1. The second-order valence-corrected chi connectivity index (χ2v) is 4.39. The van der Waals surface area contributed by atoms with E-state index >= 15 is 0 Å². The molecule has 0 unspecified atom stereocenters. The Labute approximate surface area is 106 Å². The van der Waals surface area contributed by atoms with E-state index < -0.39 is 0 Å². The van der Waals surface area contributed by atoms with Crippen molar-refractivity contribution in [2.24, 2.45) is 0 Å². The van der Waals surface area contributed by atoms with Crippen LogP contribution in [-0.2, 0) is 0 Å². The van der Waals surface area contributed by atoms with Crippen LogP contribution in [0.4, 0.5) is 5.69 Å². The summed E-state index contributed by atoms with van der Waals surface area (Å²) in [5, 5.41) is 2.83. The summed E-state index contributed by atoms with van der Waals surface area (Å²) in [5.41, 5.74) is 6.77. The summed E-state index contributed by atoms with van der Waals surface area (Å²) in [7, 11) is 0. The minimum absolute atomic E-state index is 0.144. The molecule has 0 aliphatic heterocycles. The Morgan fingerprint density at radius 1 is 1.53 bits per heavy atom. The highest BCUT2D eigenvalue weighted by Crippen LogP contribution is 2.26. The van der Waals surface area contributed by atoms with Crippen molar-refractivity contribution in [2.75, 3.05) is 30.9 Å². The highest BCUT2D eigenvalue weighted by Gasteiger charge is 2.14. The van der Waals surface area contributed by atoms with Gasteiger partial charge < -0.3 is 15.8 Å². The SMILES string of the molecule is CCOc1c(N)cccc1C(=O)NCCSC. The van der Waals surface area contributed by atoms with E-state index in [0.717, 1.165) is 5.75 Å². The Hall–Kier alpha value is -1.36. The van der Waals surface area contributed by atoms with Gasteiger partial charge in [-0.1, -0.05) is 6.07 Å². The van der Waals surface area contributed by atoms with E-state index in [1.165, 1.54) is 0 Å². The molecule has 1 aromatic rings. The lowest BCUT2D eigenvalue weighted by atomic mass is 10.1. The fourth-order valence-corrected chi connectivity index (χ4v) is 1.71. The summed E-state index contributed by atoms with van der Waals surface area (Å²) in [6, 6.07) is 5.20. The number of ether oxygens (including phenoxy) is 1. The van der Waals surface area contributed by atoms with Gasteiger partial charge in [-0.2, -0.15) is 11.8 Å². The number of nitrogen functional groups attached to an aromatic ring is 1. The summed E-state index contributed by atoms with van der Waals surface area (Å²) >= 11 is 1.69. The Bertz CT molecular complexity index is 383. The Morgan fingerprint density at radius 2 is 2.29 bits per heavy atom. The number of rotatable bonds is 6. The van der Waals surface area contributed by atoms with Crippen molar-refractivity contribution < 1.29 is 9.53 Å². The van der Waals surface area contributed by atoms with Crippen LogP contribution in [0.2, 0.25) is 0 Å². The summed E-state index contributed by atoms with van der Waals surface area (Å²) in [4.78, 5) is 11.9. The third kappa shape index (κ3) is 3.85. The summed E-state index contributed by atoms with van der Waals surface area (Å²) in [6.07, 6.45) is 2.00. The molecule has 17 heavy (non-hydrogen) atoms. The fraction of sp³-hybridized carbons (Fsp3) is 0.417. The van der Waals surface area contributed by atoms with Crippen molar-refractivity contribution in [3.8, 4) is 5.75 Å². The molecule has 0 saturated heterocycles. The molecule has 0 radical (unpaired) electrons. The maximum absolute atomic E-state index is 11.9. The molecule has 0 atom stereocenters. The molecule has 0 aliphatic carbocycles. The second-order valence-electron chi connectivity index (χ2n) is 3.41. The zero-order chi connectivity index (χ0) is 12.7. The lowest BCUT2D eigenvalue weighted by Gasteiger charge is -2.12. The normalized spacial score (nSPS) is 10.0. The molecule has 0 saturated carbocycles. The number of hydrogen-bond acceptors (Lipinski definition) is 4. The molecule has 5 heteroatoms. The fourth-order valence-electron chi connectivity index (χ4n) is 1.40. The molecule has 3 N–H and O–H groups in total. The number of benzene rings is 1. The van der Waals surface area contributed by atoms with Crippen molar-refractivity contribution in [3.63, 3.8) is 0 Å². The van der Waals surface area contributed by atoms with Crippen LogP contribution in [0.15, 0.2) is 18.2 Å². The predicted octanol–water partition coefficient (Wildman–Crippen LogP) is 1.76. The van der Waals surface area contributed by atoms with Crippen LogP contribution in [0.3, 0.4) is 0 Å². The number of hydrogen-bond donors (Lipinski definition) is 2. The topological polar surface area (TPSA) is 64.3 Å². The lowest BCUT2D eigenvalue weighted by molar-refractivity contribution is 0.0952. The quantitative estimate of drug-likeness (QED) is 0.600. The molecule has 0 spiro atoms. The number of anilines is 1. The van der Waals surface area contributed by atoms with Gasteiger partial charge >= 0.3 is 0 Å². The van der Waals surface area contributed by atoms with Gasteiger partial charge in [-0.15, -0.1) is 0 Å². The molecular formula is C12H18N2O2S. The highest BCUT2D eigenvalue weighted by atomic mass is 32.2. The van der Waals surface area contributed by atoms with E-state index in [0.29, 0.717) is 30.2 Å². The number of para-hydroxylation sites is 1. The number of carbonyl (C=O) groups is 1. The van der Waals surface area contributed by atoms with Crippen molar-refractivity contribution in [1.29, 1.82) is 0 Å². The van der Waals surface area contributed by atoms with Crippen molar-refractivity contribution >= 4 is 23.4 Å². The zero-order valence-corrected chi connectivity index (χ0v) is 11.0. The van der Waals surface area contributed by atoms with Gasteiger partial charge in [0.1, 0.15) is 0 Å². The molecule has 0 aromatic heterocycles. The van der Waals surface area contributed by atoms with Crippen LogP contribution >= 0.6 is 11.8 Å². The minimum Gasteiger partial charge on any atom is -0.491 e. The van der Waals surface area contributed by atoms with Gasteiger partial charge in [0.25, 0.3) is 5.91 Å². The molecule has 1 rings (SSSR count). The molecule has 0 fully saturated rings. The third-order valence-corrected chi connectivity index (χ3v) is 2.78. The maximum atomic E-state index is 11.9. The predicted molar refractivity (Wildman–Crippen MR) is 72.7 cm³/mol. The maximum Gasteiger partial charge on any atom is 0.255 e. The first-order chi connectivity index (χ1) is 8.20. The van der Waals surface area contributed by atoms with Crippen molar-refractivity contribution in [3.05, 3.63) is 23.8 Å². The first-order valence-electron chi connectivity index (χ1n) is 5.49. The summed E-state index contributed by atoms with van der Waals surface area (Å²) < 4.78 is 5.40. The number of carbonyl (C=O) groups excluding carboxylic acids is 1. The van der Waals surface area contributed by atoms with Crippen LogP contribution < -0.4 is 15.8 Å². The average molecular weight is 254 g/mol. The van der Waals surface area contributed by atoms with Crippen LogP contribution in [0, 0.1) is 0 Å². The number of nitrogens with two attached hydrogens (primary N) is 1. The largest absolute Gasteiger partial charge is 0.491 e. The van der Waals surface area contributed by atoms with E-state index in [2.05, 4.69) is 5.32 Å². The number of nitrogens with one attached hydrogen (secondary N) is 1. The lowest BCUT2D eigenvalue weighted by Crippen LogP contribution is -2.26. The Balaban J connectivity index is 2.81. The molecular weight excluding hydrogens is 236 g/mol. The molecule has 1 aromatic carbocycles. The monoisotopic (exact) mass is 254 g/mol. The van der Waals surface area contributed by atoms with Crippen LogP contribution in [0.5, 0.6) is 5.75 Å². The number of thioether (sulfide) groups is 1. The van der Waals surface area contributed by atoms with Gasteiger partial charge in [-0.3, -0.25) is 4.79 Å². The molecule has 94 valence electrons. The molecule has 0 heterocycles. The van der Waals surface area contributed by atoms with Crippen LogP contribution in [-0.4, -0.2) is 31.1 Å². The van der Waals surface area contributed by atoms with E-state index in [9.17, 15) is 4.79 Å². The van der Waals surface area contributed by atoms with Gasteiger partial charge in [-0.05, 0) is 25.3 Å². The standard InChI is InChI=1S/C12H18N2O2S/c1-3-16-11-9(5-4-6-10(11)13)12(15)14-7-8-17-2/h4-6H,3,7-8,13H2,1-2H3,(H,14,15). The van der Waals surface area contributed by atoms with E-state index in [-0.39, 0.29) is 5.91 Å². The van der Waals surface area contributed by atoms with Gasteiger partial charge in [-0.25, -0.2) is 0 Å². The average Bonchev–Trinajstić information content (AvgIpc) is 2.32. The first-order valence-corrected chi connectivity index (χ1v) is 6.88. The molecule has 4 nitrogen and oxygen atoms in total. The smallest absolute Gasteiger partial charge is 0.255 e. The van der Waals surface area contributed by atoms with Gasteiger partial charge in [0.2, 0.25) is 0 Å². The van der Waals surface area contributed by atoms with Gasteiger partial charge in [0.15, 0.2) is 5.75 Å². The van der Waals surface area contributed by atoms with E-state index in [4.69, 9.17) is 10.5 Å². The minimum atomic E-state index is -0.144. The molecule has 0 aliphatic rings. The highest BCUT2D eigenvalue weighted by molar-refractivity contribution is 7.98. The van der Waals surface area contributed by atoms with E-state index in [1.54, 1.807) is 30.0 Å². The Kier molecular flexibility index (Phi) is 5.69. The summed E-state index contributed by atoms with van der Waals surface area (Å²) in [5.74, 6) is 1.21. The zero-order valence-electron chi connectivity index (χ0n) is 10.2. The van der Waals surface area contributed by atoms with Gasteiger partial charge in [0.05, 0.1) is 17.9 Å². The third-order valence-electron chi connectivity index (χ3n) is 2.17. The molecule has 1 amide bonds. The Morgan fingerprint density at radius 3 is 2.94 bits per heavy atom. The molecule has 0 bridgehead atoms.